The molecule has 1 N–H and O–H groups in total. The van der Waals surface area contributed by atoms with Gasteiger partial charge >= 0.3 is 0 Å². The first-order chi connectivity index (χ1) is 13.4. The van der Waals surface area contributed by atoms with E-state index in [1.807, 2.05) is 0 Å². The monoisotopic (exact) mass is 417 g/mol. The van der Waals surface area contributed by atoms with E-state index >= 15 is 0 Å². The van der Waals surface area contributed by atoms with E-state index < -0.39 is 16.4 Å². The molecule has 1 heterocycles. The Morgan fingerprint density at radius 1 is 1.07 bits per heavy atom. The summed E-state index contributed by atoms with van der Waals surface area (Å²) in [4.78, 5) is 35.6. The molecule has 3 aromatic rings. The number of benzene rings is 2. The second-order valence-electron chi connectivity index (χ2n) is 5.83. The van der Waals surface area contributed by atoms with Crippen molar-refractivity contribution in [3.63, 3.8) is 0 Å². The number of para-hydroxylation sites is 1. The van der Waals surface area contributed by atoms with Crippen LogP contribution in [-0.2, 0) is 6.54 Å². The van der Waals surface area contributed by atoms with Gasteiger partial charge in [0.15, 0.2) is 0 Å². The quantitative estimate of drug-likeness (QED) is 0.492. The van der Waals surface area contributed by atoms with Crippen molar-refractivity contribution in [1.29, 1.82) is 0 Å². The van der Waals surface area contributed by atoms with Gasteiger partial charge in [0, 0.05) is 12.3 Å². The SMILES string of the molecule is O=C(Nc1cccn(Cc2ccc(Cl)c(Cl)c2)c1=O)c1ccccc1[N+](=O)[O-]. The van der Waals surface area contributed by atoms with Gasteiger partial charge < -0.3 is 9.88 Å². The number of pyridine rings is 1. The average molecular weight is 418 g/mol. The standard InChI is InChI=1S/C19H13Cl2N3O4/c20-14-8-7-12(10-15(14)21)11-23-9-3-5-16(19(23)26)22-18(25)13-4-1-2-6-17(13)24(27)28/h1-10H,11H2,(H,22,25). The van der Waals surface area contributed by atoms with E-state index in [0.717, 1.165) is 5.56 Å². The number of anilines is 1. The first-order valence-electron chi connectivity index (χ1n) is 8.05. The Morgan fingerprint density at radius 3 is 2.54 bits per heavy atom. The summed E-state index contributed by atoms with van der Waals surface area (Å²) in [6, 6.07) is 13.6. The minimum absolute atomic E-state index is 0.00529. The van der Waals surface area contributed by atoms with Crippen LogP contribution < -0.4 is 10.9 Å². The molecule has 0 saturated carbocycles. The normalized spacial score (nSPS) is 10.5. The van der Waals surface area contributed by atoms with Gasteiger partial charge in [0.2, 0.25) is 0 Å². The summed E-state index contributed by atoms with van der Waals surface area (Å²) in [5.74, 6) is -0.739. The topological polar surface area (TPSA) is 94.2 Å². The van der Waals surface area contributed by atoms with Gasteiger partial charge in [0.05, 0.1) is 21.5 Å². The highest BCUT2D eigenvalue weighted by atomic mass is 35.5. The van der Waals surface area contributed by atoms with E-state index in [4.69, 9.17) is 23.2 Å². The number of carbonyl (C=O) groups excluding carboxylic acids is 1. The molecule has 1 aromatic heterocycles. The number of nitro benzene ring substituents is 1. The number of amides is 1. The third-order valence-corrected chi connectivity index (χ3v) is 4.69. The highest BCUT2D eigenvalue weighted by molar-refractivity contribution is 6.42. The summed E-state index contributed by atoms with van der Waals surface area (Å²) in [6.45, 7) is 0.213. The molecule has 0 fully saturated rings. The van der Waals surface area contributed by atoms with Gasteiger partial charge in [-0.05, 0) is 35.9 Å². The van der Waals surface area contributed by atoms with Crippen LogP contribution in [0.2, 0.25) is 10.0 Å². The molecular weight excluding hydrogens is 405 g/mol. The van der Waals surface area contributed by atoms with Gasteiger partial charge in [-0.1, -0.05) is 41.4 Å². The van der Waals surface area contributed by atoms with E-state index in [-0.39, 0.29) is 23.5 Å². The Morgan fingerprint density at radius 2 is 1.82 bits per heavy atom. The molecule has 28 heavy (non-hydrogen) atoms. The summed E-state index contributed by atoms with van der Waals surface area (Å²) in [5.41, 5.74) is -0.177. The van der Waals surface area contributed by atoms with Crippen LogP contribution >= 0.6 is 23.2 Å². The highest BCUT2D eigenvalue weighted by Gasteiger charge is 2.20. The number of aromatic nitrogens is 1. The van der Waals surface area contributed by atoms with E-state index in [0.29, 0.717) is 10.0 Å². The molecule has 2 aromatic carbocycles. The van der Waals surface area contributed by atoms with E-state index in [9.17, 15) is 19.7 Å². The van der Waals surface area contributed by atoms with Crippen molar-refractivity contribution in [2.24, 2.45) is 0 Å². The first-order valence-corrected chi connectivity index (χ1v) is 8.80. The molecule has 7 nitrogen and oxygen atoms in total. The number of halogens is 2. The molecule has 0 aliphatic carbocycles. The number of nitro groups is 1. The Balaban J connectivity index is 1.87. The van der Waals surface area contributed by atoms with Gasteiger partial charge in [-0.2, -0.15) is 0 Å². The molecule has 1 amide bonds. The largest absolute Gasteiger partial charge is 0.317 e. The fraction of sp³-hybridized carbons (Fsp3) is 0.0526. The molecule has 9 heteroatoms. The van der Waals surface area contributed by atoms with Crippen molar-refractivity contribution < 1.29 is 9.72 Å². The third kappa shape index (κ3) is 4.21. The minimum Gasteiger partial charge on any atom is -0.317 e. The van der Waals surface area contributed by atoms with Crippen LogP contribution in [0.4, 0.5) is 11.4 Å². The van der Waals surface area contributed by atoms with E-state index in [1.54, 1.807) is 30.5 Å². The molecular formula is C19H13Cl2N3O4. The fourth-order valence-electron chi connectivity index (χ4n) is 2.61. The lowest BCUT2D eigenvalue weighted by atomic mass is 10.1. The van der Waals surface area contributed by atoms with Crippen molar-refractivity contribution in [1.82, 2.24) is 4.57 Å². The molecule has 0 aliphatic rings. The zero-order chi connectivity index (χ0) is 20.3. The summed E-state index contributed by atoms with van der Waals surface area (Å²) >= 11 is 11.9. The number of hydrogen-bond donors (Lipinski definition) is 1. The molecule has 3 rings (SSSR count). The molecule has 0 atom stereocenters. The molecule has 0 radical (unpaired) electrons. The molecule has 142 valence electrons. The maximum Gasteiger partial charge on any atom is 0.282 e. The lowest BCUT2D eigenvalue weighted by Crippen LogP contribution is -2.26. The molecule has 0 saturated heterocycles. The van der Waals surface area contributed by atoms with Gasteiger partial charge in [-0.25, -0.2) is 0 Å². The van der Waals surface area contributed by atoms with Gasteiger partial charge in [-0.15, -0.1) is 0 Å². The summed E-state index contributed by atoms with van der Waals surface area (Å²) in [6.07, 6.45) is 1.56. The van der Waals surface area contributed by atoms with Crippen molar-refractivity contribution >= 4 is 40.5 Å². The zero-order valence-corrected chi connectivity index (χ0v) is 15.8. The van der Waals surface area contributed by atoms with Crippen LogP contribution in [0.25, 0.3) is 0 Å². The Hall–Kier alpha value is -3.16. The maximum absolute atomic E-state index is 12.7. The Labute approximate surface area is 169 Å². The number of hydrogen-bond acceptors (Lipinski definition) is 4. The van der Waals surface area contributed by atoms with Gasteiger partial charge in [-0.3, -0.25) is 19.7 Å². The van der Waals surface area contributed by atoms with Crippen LogP contribution in [0.3, 0.4) is 0 Å². The maximum atomic E-state index is 12.7. The second kappa shape index (κ2) is 8.24. The molecule has 0 bridgehead atoms. The number of rotatable bonds is 5. The van der Waals surface area contributed by atoms with Gasteiger partial charge in [0.25, 0.3) is 17.2 Å². The van der Waals surface area contributed by atoms with E-state index in [1.165, 1.54) is 34.9 Å². The van der Waals surface area contributed by atoms with Crippen molar-refractivity contribution in [2.75, 3.05) is 5.32 Å². The molecule has 0 unspecified atom stereocenters. The van der Waals surface area contributed by atoms with Crippen LogP contribution in [0.15, 0.2) is 65.6 Å². The van der Waals surface area contributed by atoms with Crippen LogP contribution in [0.1, 0.15) is 15.9 Å². The van der Waals surface area contributed by atoms with Crippen molar-refractivity contribution in [3.05, 3.63) is 102 Å². The Kier molecular flexibility index (Phi) is 5.77. The first kappa shape index (κ1) is 19.6. The van der Waals surface area contributed by atoms with Crippen LogP contribution in [0.5, 0.6) is 0 Å². The van der Waals surface area contributed by atoms with Crippen LogP contribution in [-0.4, -0.2) is 15.4 Å². The zero-order valence-electron chi connectivity index (χ0n) is 14.3. The smallest absolute Gasteiger partial charge is 0.282 e. The van der Waals surface area contributed by atoms with Crippen molar-refractivity contribution in [2.45, 2.75) is 6.54 Å². The minimum atomic E-state index is -0.739. The summed E-state index contributed by atoms with van der Waals surface area (Å²) in [7, 11) is 0. The number of nitrogens with one attached hydrogen (secondary N) is 1. The van der Waals surface area contributed by atoms with Crippen molar-refractivity contribution in [3.8, 4) is 0 Å². The lowest BCUT2D eigenvalue weighted by Gasteiger charge is -2.10. The number of carbonyl (C=O) groups is 1. The predicted molar refractivity (Wildman–Crippen MR) is 107 cm³/mol. The summed E-state index contributed by atoms with van der Waals surface area (Å²) < 4.78 is 1.38. The number of nitrogens with zero attached hydrogens (tertiary/aromatic N) is 2. The third-order valence-electron chi connectivity index (χ3n) is 3.95. The van der Waals surface area contributed by atoms with Crippen LogP contribution in [0, 0.1) is 10.1 Å². The fourth-order valence-corrected chi connectivity index (χ4v) is 2.93. The van der Waals surface area contributed by atoms with E-state index in [2.05, 4.69) is 5.32 Å². The average Bonchev–Trinajstić information content (AvgIpc) is 2.67. The molecule has 0 spiro atoms. The molecule has 0 aliphatic heterocycles. The highest BCUT2D eigenvalue weighted by Crippen LogP contribution is 2.23. The lowest BCUT2D eigenvalue weighted by molar-refractivity contribution is -0.385. The summed E-state index contributed by atoms with van der Waals surface area (Å²) in [5, 5.41) is 14.3. The Bertz CT molecular complexity index is 1130. The second-order valence-corrected chi connectivity index (χ2v) is 6.65. The van der Waals surface area contributed by atoms with Gasteiger partial charge in [0.1, 0.15) is 11.3 Å². The predicted octanol–water partition coefficient (Wildman–Crippen LogP) is 4.36.